The lowest BCUT2D eigenvalue weighted by molar-refractivity contribution is 0.295. The quantitative estimate of drug-likeness (QED) is 0.548. The summed E-state index contributed by atoms with van der Waals surface area (Å²) >= 11 is 0. The van der Waals surface area contributed by atoms with Crippen LogP contribution in [0.25, 0.3) is 0 Å². The zero-order chi connectivity index (χ0) is 8.12. The van der Waals surface area contributed by atoms with E-state index in [0.29, 0.717) is 6.61 Å². The van der Waals surface area contributed by atoms with Gasteiger partial charge < -0.3 is 10.2 Å². The average molecular weight is 133 g/mol. The normalized spacial score (nSPS) is 4.89. The van der Waals surface area contributed by atoms with E-state index in [1.807, 2.05) is 6.92 Å². The molecule has 0 aliphatic heterocycles. The lowest BCUT2D eigenvalue weighted by Gasteiger charge is -1.69. The van der Waals surface area contributed by atoms with Gasteiger partial charge in [-0.1, -0.05) is 6.92 Å². The van der Waals surface area contributed by atoms with Crippen LogP contribution < -0.4 is 0 Å². The number of aliphatic hydroxyl groups is 2. The molecule has 0 aromatic heterocycles. The standard InChI is InChI=1S/C3H8O.C2H3N.CH4O/c1-2-3-4;1-2-3;1-2/h4H,2-3H2,1H3;1H3;2H,1H3. The molecule has 3 heteroatoms. The molecular weight excluding hydrogens is 118 g/mol. The van der Waals surface area contributed by atoms with Gasteiger partial charge in [-0.25, -0.2) is 0 Å². The second-order valence-electron chi connectivity index (χ2n) is 0.947. The van der Waals surface area contributed by atoms with E-state index in [0.717, 1.165) is 13.5 Å². The van der Waals surface area contributed by atoms with Crippen LogP contribution in [0.15, 0.2) is 0 Å². The van der Waals surface area contributed by atoms with Gasteiger partial charge in [0.1, 0.15) is 0 Å². The van der Waals surface area contributed by atoms with Gasteiger partial charge in [-0.2, -0.15) is 5.26 Å². The smallest absolute Gasteiger partial charge is 0.0587 e. The molecule has 0 aromatic rings. The largest absolute Gasteiger partial charge is 0.400 e. The summed E-state index contributed by atoms with van der Waals surface area (Å²) in [6, 6.07) is 1.75. The van der Waals surface area contributed by atoms with Crippen LogP contribution in [0.4, 0.5) is 0 Å². The molecule has 0 spiro atoms. The summed E-state index contributed by atoms with van der Waals surface area (Å²) in [4.78, 5) is 0. The van der Waals surface area contributed by atoms with Crippen molar-refractivity contribution in [1.82, 2.24) is 0 Å². The number of aliphatic hydroxyl groups excluding tert-OH is 2. The van der Waals surface area contributed by atoms with Gasteiger partial charge >= 0.3 is 0 Å². The van der Waals surface area contributed by atoms with E-state index in [-0.39, 0.29) is 0 Å². The molecule has 0 atom stereocenters. The van der Waals surface area contributed by atoms with E-state index in [1.165, 1.54) is 6.92 Å². The monoisotopic (exact) mass is 133 g/mol. The van der Waals surface area contributed by atoms with E-state index in [1.54, 1.807) is 6.07 Å². The molecule has 0 saturated carbocycles. The summed E-state index contributed by atoms with van der Waals surface area (Å²) in [6.07, 6.45) is 0.875. The first-order valence-electron chi connectivity index (χ1n) is 2.69. The van der Waals surface area contributed by atoms with Crippen LogP contribution >= 0.6 is 0 Å². The van der Waals surface area contributed by atoms with Crippen molar-refractivity contribution in [2.75, 3.05) is 13.7 Å². The second kappa shape index (κ2) is 52.4. The lowest BCUT2D eigenvalue weighted by Crippen LogP contribution is -1.69. The Morgan fingerprint density at radius 2 is 1.56 bits per heavy atom. The fraction of sp³-hybridized carbons (Fsp3) is 0.833. The van der Waals surface area contributed by atoms with Crippen LogP contribution in [0.2, 0.25) is 0 Å². The number of hydrogen-bond acceptors (Lipinski definition) is 3. The van der Waals surface area contributed by atoms with Gasteiger partial charge in [-0.15, -0.1) is 0 Å². The van der Waals surface area contributed by atoms with Crippen molar-refractivity contribution < 1.29 is 10.2 Å². The Kier molecular flexibility index (Phi) is 91.9. The Balaban J connectivity index is -0.0000000646. The predicted octanol–water partition coefficient (Wildman–Crippen LogP) is 0.527. The topological polar surface area (TPSA) is 64.2 Å². The minimum Gasteiger partial charge on any atom is -0.400 e. The Morgan fingerprint density at radius 3 is 1.56 bits per heavy atom. The third-order valence-electron chi connectivity index (χ3n) is 0.224. The summed E-state index contributed by atoms with van der Waals surface area (Å²) in [5, 5.41) is 22.2. The van der Waals surface area contributed by atoms with Crippen molar-refractivity contribution in [1.29, 1.82) is 5.26 Å². The molecule has 0 aromatic carbocycles. The highest BCUT2D eigenvalue weighted by atomic mass is 16.3. The van der Waals surface area contributed by atoms with Gasteiger partial charge in [0.25, 0.3) is 0 Å². The van der Waals surface area contributed by atoms with Crippen molar-refractivity contribution in [3.8, 4) is 6.07 Å². The number of hydrogen-bond donors (Lipinski definition) is 2. The first-order valence-corrected chi connectivity index (χ1v) is 2.69. The zero-order valence-corrected chi connectivity index (χ0v) is 6.26. The third-order valence-corrected chi connectivity index (χ3v) is 0.224. The molecule has 0 saturated heterocycles. The minimum atomic E-state index is 0.319. The van der Waals surface area contributed by atoms with Crippen LogP contribution in [-0.2, 0) is 0 Å². The molecule has 3 nitrogen and oxygen atoms in total. The highest BCUT2D eigenvalue weighted by Gasteiger charge is 1.57. The Hall–Kier alpha value is -0.590. The number of rotatable bonds is 1. The van der Waals surface area contributed by atoms with Crippen LogP contribution in [0.5, 0.6) is 0 Å². The Bertz CT molecular complexity index is 47.5. The van der Waals surface area contributed by atoms with E-state index in [4.69, 9.17) is 15.5 Å². The summed E-state index contributed by atoms with van der Waals surface area (Å²) in [7, 11) is 1.00. The molecular formula is C6H15NO2. The molecule has 0 rings (SSSR count). The molecule has 0 amide bonds. The predicted molar refractivity (Wildman–Crippen MR) is 36.8 cm³/mol. The first kappa shape index (κ1) is 15.8. The summed E-state index contributed by atoms with van der Waals surface area (Å²) in [5.74, 6) is 0. The molecule has 56 valence electrons. The maximum absolute atomic E-state index is 7.88. The van der Waals surface area contributed by atoms with Gasteiger partial charge in [0.05, 0.1) is 6.07 Å². The fourth-order valence-corrected chi connectivity index (χ4v) is 0. The van der Waals surface area contributed by atoms with Crippen LogP contribution in [-0.4, -0.2) is 23.9 Å². The van der Waals surface area contributed by atoms with Gasteiger partial charge in [0.15, 0.2) is 0 Å². The maximum atomic E-state index is 7.88. The van der Waals surface area contributed by atoms with Crippen molar-refractivity contribution in [2.24, 2.45) is 0 Å². The molecule has 0 aliphatic carbocycles. The third kappa shape index (κ3) is 1290. The molecule has 0 radical (unpaired) electrons. The van der Waals surface area contributed by atoms with Crippen molar-refractivity contribution in [3.05, 3.63) is 0 Å². The second-order valence-corrected chi connectivity index (χ2v) is 0.947. The minimum absolute atomic E-state index is 0.319. The van der Waals surface area contributed by atoms with Gasteiger partial charge in [-0.3, -0.25) is 0 Å². The molecule has 2 N–H and O–H groups in total. The molecule has 0 aliphatic rings. The summed E-state index contributed by atoms with van der Waals surface area (Å²) in [6.45, 7) is 3.68. The zero-order valence-electron chi connectivity index (χ0n) is 6.26. The van der Waals surface area contributed by atoms with Gasteiger partial charge in [-0.05, 0) is 6.42 Å². The highest BCUT2D eigenvalue weighted by Crippen LogP contribution is 1.61. The molecule has 0 bridgehead atoms. The SMILES string of the molecule is CC#N.CCCO.CO. The molecule has 0 fully saturated rings. The lowest BCUT2D eigenvalue weighted by atomic mass is 10.5. The summed E-state index contributed by atoms with van der Waals surface area (Å²) < 4.78 is 0. The molecule has 0 unspecified atom stereocenters. The Labute approximate surface area is 56.6 Å². The molecule has 0 heterocycles. The van der Waals surface area contributed by atoms with Crippen LogP contribution in [0.1, 0.15) is 20.3 Å². The van der Waals surface area contributed by atoms with E-state index >= 15 is 0 Å². The summed E-state index contributed by atoms with van der Waals surface area (Å²) in [5.41, 5.74) is 0. The van der Waals surface area contributed by atoms with E-state index < -0.39 is 0 Å². The average Bonchev–Trinajstić information content (AvgIpc) is 1.94. The van der Waals surface area contributed by atoms with Gasteiger partial charge in [0, 0.05) is 20.6 Å². The van der Waals surface area contributed by atoms with Gasteiger partial charge in [0.2, 0.25) is 0 Å². The first-order chi connectivity index (χ1) is 4.33. The fourth-order valence-electron chi connectivity index (χ4n) is 0. The van der Waals surface area contributed by atoms with Crippen molar-refractivity contribution in [2.45, 2.75) is 20.3 Å². The van der Waals surface area contributed by atoms with Crippen LogP contribution in [0.3, 0.4) is 0 Å². The maximum Gasteiger partial charge on any atom is 0.0587 e. The molecule has 9 heavy (non-hydrogen) atoms. The van der Waals surface area contributed by atoms with E-state index in [2.05, 4.69) is 0 Å². The highest BCUT2D eigenvalue weighted by molar-refractivity contribution is 4.51. The van der Waals surface area contributed by atoms with Crippen molar-refractivity contribution in [3.63, 3.8) is 0 Å². The Morgan fingerprint density at radius 1 is 1.44 bits per heavy atom. The number of nitrogens with zero attached hydrogens (tertiary/aromatic N) is 1. The number of nitriles is 1. The van der Waals surface area contributed by atoms with Crippen LogP contribution in [0, 0.1) is 11.3 Å². The van der Waals surface area contributed by atoms with E-state index in [9.17, 15) is 0 Å². The van der Waals surface area contributed by atoms with Crippen molar-refractivity contribution >= 4 is 0 Å².